The van der Waals surface area contributed by atoms with Crippen LogP contribution in [0.25, 0.3) is 11.1 Å². The normalized spacial score (nSPS) is 10.3. The van der Waals surface area contributed by atoms with E-state index in [2.05, 4.69) is 50.2 Å². The lowest BCUT2D eigenvalue weighted by Gasteiger charge is -2.10. The maximum atomic E-state index is 5.43. The molecule has 2 aromatic carbocycles. The van der Waals surface area contributed by atoms with Crippen LogP contribution in [-0.4, -0.2) is 7.11 Å². The van der Waals surface area contributed by atoms with E-state index in [9.17, 15) is 0 Å². The van der Waals surface area contributed by atoms with E-state index in [1.54, 1.807) is 7.11 Å². The number of hydrogen-bond acceptors (Lipinski definition) is 1. The fourth-order valence-electron chi connectivity index (χ4n) is 1.93. The van der Waals surface area contributed by atoms with Crippen molar-refractivity contribution in [3.05, 3.63) is 53.6 Å². The first kappa shape index (κ1) is 11.7. The molecule has 1 nitrogen and oxygen atoms in total. The maximum absolute atomic E-state index is 5.43. The van der Waals surface area contributed by atoms with Crippen molar-refractivity contribution < 1.29 is 4.74 Å². The number of hydrogen-bond donors (Lipinski definition) is 0. The lowest BCUT2D eigenvalue weighted by atomic mass is 10.00. The van der Waals surface area contributed by atoms with Crippen molar-refractivity contribution in [3.8, 4) is 16.9 Å². The van der Waals surface area contributed by atoms with Gasteiger partial charge in [0.1, 0.15) is 5.75 Å². The van der Waals surface area contributed by atoms with Gasteiger partial charge in [-0.15, -0.1) is 0 Å². The number of benzene rings is 2. The summed E-state index contributed by atoms with van der Waals surface area (Å²) >= 11 is 0. The summed E-state index contributed by atoms with van der Waals surface area (Å²) in [6.07, 6.45) is 1.04. The molecule has 0 aromatic heterocycles. The monoisotopic (exact) mass is 226 g/mol. The van der Waals surface area contributed by atoms with Crippen LogP contribution in [0.1, 0.15) is 18.1 Å². The second-order valence-electron chi connectivity index (χ2n) is 4.25. The van der Waals surface area contributed by atoms with Crippen LogP contribution >= 0.6 is 0 Å². The zero-order chi connectivity index (χ0) is 12.3. The van der Waals surface area contributed by atoms with Crippen molar-refractivity contribution in [1.29, 1.82) is 0 Å². The van der Waals surface area contributed by atoms with E-state index in [1.807, 2.05) is 6.07 Å². The second-order valence-corrected chi connectivity index (χ2v) is 4.25. The third-order valence-corrected chi connectivity index (χ3v) is 3.03. The Morgan fingerprint density at radius 1 is 1.00 bits per heavy atom. The fourth-order valence-corrected chi connectivity index (χ4v) is 1.93. The number of methoxy groups -OCH3 is 1. The standard InChI is InChI=1S/C16H18O/c1-4-13-7-10-16(17-3)15(11-13)14-8-5-12(2)6-9-14/h5-11H,4H2,1-3H3. The molecule has 1 heteroatoms. The average Bonchev–Trinajstić information content (AvgIpc) is 2.39. The molecule has 0 aliphatic heterocycles. The molecular weight excluding hydrogens is 208 g/mol. The van der Waals surface area contributed by atoms with Gasteiger partial charge in [0, 0.05) is 5.56 Å². The topological polar surface area (TPSA) is 9.23 Å². The molecule has 0 atom stereocenters. The summed E-state index contributed by atoms with van der Waals surface area (Å²) < 4.78 is 5.43. The summed E-state index contributed by atoms with van der Waals surface area (Å²) in [4.78, 5) is 0. The van der Waals surface area contributed by atoms with Crippen LogP contribution in [0.3, 0.4) is 0 Å². The van der Waals surface area contributed by atoms with Gasteiger partial charge in [-0.3, -0.25) is 0 Å². The Labute approximate surface area is 103 Å². The van der Waals surface area contributed by atoms with E-state index in [0.717, 1.165) is 12.2 Å². The molecule has 17 heavy (non-hydrogen) atoms. The molecule has 2 rings (SSSR count). The highest BCUT2D eigenvalue weighted by Crippen LogP contribution is 2.31. The van der Waals surface area contributed by atoms with Gasteiger partial charge in [-0.05, 0) is 36.6 Å². The molecule has 0 N–H and O–H groups in total. The van der Waals surface area contributed by atoms with Gasteiger partial charge in [-0.25, -0.2) is 0 Å². The summed E-state index contributed by atoms with van der Waals surface area (Å²) in [5, 5.41) is 0. The number of rotatable bonds is 3. The summed E-state index contributed by atoms with van der Waals surface area (Å²) in [6.45, 7) is 4.27. The first-order valence-corrected chi connectivity index (χ1v) is 5.98. The second kappa shape index (κ2) is 5.05. The molecule has 0 aliphatic rings. The van der Waals surface area contributed by atoms with Gasteiger partial charge < -0.3 is 4.74 Å². The molecule has 0 aliphatic carbocycles. The largest absolute Gasteiger partial charge is 0.496 e. The SMILES string of the molecule is CCc1ccc(OC)c(-c2ccc(C)cc2)c1. The lowest BCUT2D eigenvalue weighted by Crippen LogP contribution is -1.90. The third kappa shape index (κ3) is 2.50. The molecule has 88 valence electrons. The van der Waals surface area contributed by atoms with Gasteiger partial charge in [0.25, 0.3) is 0 Å². The van der Waals surface area contributed by atoms with Crippen LogP contribution < -0.4 is 4.74 Å². The van der Waals surface area contributed by atoms with Crippen LogP contribution in [0.15, 0.2) is 42.5 Å². The van der Waals surface area contributed by atoms with Crippen molar-refractivity contribution in [1.82, 2.24) is 0 Å². The molecule has 0 saturated carbocycles. The van der Waals surface area contributed by atoms with E-state index in [1.165, 1.54) is 22.3 Å². The van der Waals surface area contributed by atoms with Crippen molar-refractivity contribution in [2.24, 2.45) is 0 Å². The molecular formula is C16H18O. The van der Waals surface area contributed by atoms with Gasteiger partial charge in [0.2, 0.25) is 0 Å². The average molecular weight is 226 g/mol. The quantitative estimate of drug-likeness (QED) is 0.761. The van der Waals surface area contributed by atoms with Gasteiger partial charge in [0.15, 0.2) is 0 Å². The van der Waals surface area contributed by atoms with Crippen LogP contribution in [0.4, 0.5) is 0 Å². The maximum Gasteiger partial charge on any atom is 0.126 e. The number of aryl methyl sites for hydroxylation is 2. The van der Waals surface area contributed by atoms with Gasteiger partial charge in [-0.1, -0.05) is 42.8 Å². The van der Waals surface area contributed by atoms with Crippen molar-refractivity contribution in [3.63, 3.8) is 0 Å². The van der Waals surface area contributed by atoms with E-state index < -0.39 is 0 Å². The minimum Gasteiger partial charge on any atom is -0.496 e. The predicted octanol–water partition coefficient (Wildman–Crippen LogP) is 4.23. The lowest BCUT2D eigenvalue weighted by molar-refractivity contribution is 0.416. The number of ether oxygens (including phenoxy) is 1. The summed E-state index contributed by atoms with van der Waals surface area (Å²) in [5.74, 6) is 0.936. The van der Waals surface area contributed by atoms with E-state index >= 15 is 0 Å². The molecule has 0 spiro atoms. The predicted molar refractivity (Wildman–Crippen MR) is 72.5 cm³/mol. The van der Waals surface area contributed by atoms with Crippen LogP contribution in [0.2, 0.25) is 0 Å². The van der Waals surface area contributed by atoms with E-state index in [4.69, 9.17) is 4.74 Å². The Bertz CT molecular complexity index is 497. The van der Waals surface area contributed by atoms with Crippen LogP contribution in [-0.2, 0) is 6.42 Å². The molecule has 0 fully saturated rings. The highest BCUT2D eigenvalue weighted by atomic mass is 16.5. The first-order chi connectivity index (χ1) is 8.24. The van der Waals surface area contributed by atoms with Gasteiger partial charge >= 0.3 is 0 Å². The molecule has 0 heterocycles. The zero-order valence-electron chi connectivity index (χ0n) is 10.7. The molecule has 0 radical (unpaired) electrons. The summed E-state index contributed by atoms with van der Waals surface area (Å²) in [5.41, 5.74) is 5.00. The van der Waals surface area contributed by atoms with Crippen molar-refractivity contribution in [2.45, 2.75) is 20.3 Å². The molecule has 0 unspecified atom stereocenters. The Balaban J connectivity index is 2.51. The summed E-state index contributed by atoms with van der Waals surface area (Å²) in [7, 11) is 1.72. The van der Waals surface area contributed by atoms with Gasteiger partial charge in [-0.2, -0.15) is 0 Å². The molecule has 0 amide bonds. The summed E-state index contributed by atoms with van der Waals surface area (Å²) in [6, 6.07) is 14.9. The highest BCUT2D eigenvalue weighted by molar-refractivity contribution is 5.71. The minimum absolute atomic E-state index is 0.936. The Morgan fingerprint density at radius 3 is 2.29 bits per heavy atom. The van der Waals surface area contributed by atoms with E-state index in [0.29, 0.717) is 0 Å². The van der Waals surface area contributed by atoms with Gasteiger partial charge in [0.05, 0.1) is 7.11 Å². The molecule has 2 aromatic rings. The fraction of sp³-hybridized carbons (Fsp3) is 0.250. The smallest absolute Gasteiger partial charge is 0.126 e. The minimum atomic E-state index is 0.936. The third-order valence-electron chi connectivity index (χ3n) is 3.03. The van der Waals surface area contributed by atoms with Crippen molar-refractivity contribution >= 4 is 0 Å². The molecule has 0 saturated heterocycles. The first-order valence-electron chi connectivity index (χ1n) is 5.98. The van der Waals surface area contributed by atoms with Crippen LogP contribution in [0, 0.1) is 6.92 Å². The molecule has 0 bridgehead atoms. The highest BCUT2D eigenvalue weighted by Gasteiger charge is 2.06. The Morgan fingerprint density at radius 2 is 1.71 bits per heavy atom. The Kier molecular flexibility index (Phi) is 3.48. The van der Waals surface area contributed by atoms with Crippen molar-refractivity contribution in [2.75, 3.05) is 7.11 Å². The van der Waals surface area contributed by atoms with E-state index in [-0.39, 0.29) is 0 Å². The zero-order valence-corrected chi connectivity index (χ0v) is 10.7. The Hall–Kier alpha value is -1.76. The van der Waals surface area contributed by atoms with Crippen LogP contribution in [0.5, 0.6) is 5.75 Å².